The summed E-state index contributed by atoms with van der Waals surface area (Å²) >= 11 is 0. The van der Waals surface area contributed by atoms with Gasteiger partial charge in [-0.2, -0.15) is 4.31 Å². The first-order valence-electron chi connectivity index (χ1n) is 6.84. The monoisotopic (exact) mass is 315 g/mol. The van der Waals surface area contributed by atoms with Crippen molar-refractivity contribution in [3.8, 4) is 0 Å². The van der Waals surface area contributed by atoms with E-state index in [0.29, 0.717) is 19.4 Å². The Hall–Kier alpha value is -1.41. The molecule has 0 aliphatic carbocycles. The number of nitrogens with zero attached hydrogens (tertiary/aromatic N) is 3. The lowest BCUT2D eigenvalue weighted by atomic mass is 10.2. The molecule has 1 aliphatic heterocycles. The van der Waals surface area contributed by atoms with E-state index in [9.17, 15) is 13.2 Å². The van der Waals surface area contributed by atoms with Gasteiger partial charge in [-0.05, 0) is 33.6 Å². The van der Waals surface area contributed by atoms with Gasteiger partial charge < -0.3 is 9.30 Å². The predicted molar refractivity (Wildman–Crippen MR) is 76.0 cm³/mol. The Morgan fingerprint density at radius 1 is 1.43 bits per heavy atom. The van der Waals surface area contributed by atoms with Gasteiger partial charge in [0.1, 0.15) is 11.6 Å². The highest BCUT2D eigenvalue weighted by Gasteiger charge is 2.42. The van der Waals surface area contributed by atoms with Crippen LogP contribution in [-0.2, 0) is 26.6 Å². The van der Waals surface area contributed by atoms with E-state index in [0.717, 1.165) is 0 Å². The summed E-state index contributed by atoms with van der Waals surface area (Å²) in [6, 6.07) is -0.767. The molecule has 0 spiro atoms. The van der Waals surface area contributed by atoms with Gasteiger partial charge in [0.15, 0.2) is 5.03 Å². The fraction of sp³-hybridized carbons (Fsp3) is 0.692. The number of hydrogen-bond donors (Lipinski definition) is 0. The van der Waals surface area contributed by atoms with Gasteiger partial charge in [-0.3, -0.25) is 4.79 Å². The van der Waals surface area contributed by atoms with Gasteiger partial charge in [0.05, 0.1) is 6.33 Å². The molecule has 118 valence electrons. The third kappa shape index (κ3) is 3.44. The van der Waals surface area contributed by atoms with Gasteiger partial charge in [-0.1, -0.05) is 0 Å². The Balaban J connectivity index is 2.24. The van der Waals surface area contributed by atoms with Crippen LogP contribution >= 0.6 is 0 Å². The minimum absolute atomic E-state index is 0.0412. The van der Waals surface area contributed by atoms with Crippen molar-refractivity contribution in [3.05, 3.63) is 12.5 Å². The van der Waals surface area contributed by atoms with E-state index in [1.807, 2.05) is 0 Å². The van der Waals surface area contributed by atoms with E-state index in [-0.39, 0.29) is 5.03 Å². The minimum Gasteiger partial charge on any atom is -0.459 e. The molecule has 1 saturated heterocycles. The Labute approximate surface area is 125 Å². The van der Waals surface area contributed by atoms with Crippen molar-refractivity contribution in [1.82, 2.24) is 13.9 Å². The van der Waals surface area contributed by atoms with E-state index >= 15 is 0 Å². The van der Waals surface area contributed by atoms with Gasteiger partial charge in [-0.15, -0.1) is 0 Å². The lowest BCUT2D eigenvalue weighted by Gasteiger charge is -2.26. The maximum atomic E-state index is 12.6. The first-order valence-corrected chi connectivity index (χ1v) is 8.28. The average Bonchev–Trinajstić information content (AvgIpc) is 2.94. The fourth-order valence-electron chi connectivity index (χ4n) is 2.28. The van der Waals surface area contributed by atoms with Crippen molar-refractivity contribution >= 4 is 16.0 Å². The van der Waals surface area contributed by atoms with Gasteiger partial charge in [-0.25, -0.2) is 13.4 Å². The van der Waals surface area contributed by atoms with Crippen molar-refractivity contribution in [3.63, 3.8) is 0 Å². The lowest BCUT2D eigenvalue weighted by molar-refractivity contribution is -0.158. The molecule has 1 aromatic rings. The molecule has 2 heterocycles. The third-order valence-corrected chi connectivity index (χ3v) is 4.93. The third-order valence-electron chi connectivity index (χ3n) is 3.14. The average molecular weight is 315 g/mol. The number of hydrogen-bond acceptors (Lipinski definition) is 5. The zero-order valence-electron chi connectivity index (χ0n) is 12.7. The summed E-state index contributed by atoms with van der Waals surface area (Å²) in [4.78, 5) is 16.1. The number of sulfonamides is 1. The second-order valence-electron chi connectivity index (χ2n) is 6.18. The molecule has 21 heavy (non-hydrogen) atoms. The van der Waals surface area contributed by atoms with E-state index in [1.54, 1.807) is 32.4 Å². The number of ether oxygens (including phenoxy) is 1. The number of carbonyl (C=O) groups is 1. The van der Waals surface area contributed by atoms with Crippen molar-refractivity contribution < 1.29 is 17.9 Å². The highest BCUT2D eigenvalue weighted by Crippen LogP contribution is 2.27. The van der Waals surface area contributed by atoms with Crippen LogP contribution in [0.4, 0.5) is 0 Å². The molecule has 1 aromatic heterocycles. The highest BCUT2D eigenvalue weighted by atomic mass is 32.2. The molecule has 8 heteroatoms. The van der Waals surface area contributed by atoms with Crippen LogP contribution in [0.1, 0.15) is 33.6 Å². The molecule has 7 nitrogen and oxygen atoms in total. The maximum absolute atomic E-state index is 12.6. The molecule has 0 amide bonds. The smallest absolute Gasteiger partial charge is 0.324 e. The molecular formula is C13H21N3O4S. The highest BCUT2D eigenvalue weighted by molar-refractivity contribution is 7.89. The molecule has 2 rings (SSSR count). The van der Waals surface area contributed by atoms with E-state index < -0.39 is 27.6 Å². The topological polar surface area (TPSA) is 81.5 Å². The number of aromatic nitrogens is 2. The van der Waals surface area contributed by atoms with Crippen LogP contribution < -0.4 is 0 Å². The molecule has 1 fully saturated rings. The Bertz CT molecular complexity index is 630. The number of carbonyl (C=O) groups excluding carboxylic acids is 1. The van der Waals surface area contributed by atoms with Gasteiger partial charge in [0.25, 0.3) is 10.0 Å². The van der Waals surface area contributed by atoms with Crippen LogP contribution in [0.15, 0.2) is 17.6 Å². The summed E-state index contributed by atoms with van der Waals surface area (Å²) in [6.45, 7) is 5.59. The van der Waals surface area contributed by atoms with Gasteiger partial charge >= 0.3 is 5.97 Å². The zero-order chi connectivity index (χ0) is 15.8. The van der Waals surface area contributed by atoms with Crippen LogP contribution in [0.3, 0.4) is 0 Å². The summed E-state index contributed by atoms with van der Waals surface area (Å²) in [5.74, 6) is -0.500. The predicted octanol–water partition coefficient (Wildman–Crippen LogP) is 0.915. The van der Waals surface area contributed by atoms with Crippen LogP contribution in [0.25, 0.3) is 0 Å². The minimum atomic E-state index is -3.77. The molecule has 0 unspecified atom stereocenters. The van der Waals surface area contributed by atoms with Crippen molar-refractivity contribution in [2.24, 2.45) is 7.05 Å². The number of aryl methyl sites for hydroxylation is 1. The summed E-state index contributed by atoms with van der Waals surface area (Å²) in [7, 11) is -2.07. The Morgan fingerprint density at radius 3 is 2.62 bits per heavy atom. The SMILES string of the molecule is Cn1cnc(S(=O)(=O)N2CCC[C@H]2C(=O)OC(C)(C)C)c1. The second kappa shape index (κ2) is 5.42. The van der Waals surface area contributed by atoms with Crippen LogP contribution in [-0.4, -0.2) is 46.4 Å². The molecule has 0 aromatic carbocycles. The molecule has 0 saturated carbocycles. The Kier molecular flexibility index (Phi) is 4.12. The first-order chi connectivity index (χ1) is 9.61. The molecule has 1 aliphatic rings. The van der Waals surface area contributed by atoms with E-state index in [2.05, 4.69) is 4.98 Å². The number of esters is 1. The second-order valence-corrected chi connectivity index (χ2v) is 8.02. The molecule has 0 bridgehead atoms. The van der Waals surface area contributed by atoms with E-state index in [4.69, 9.17) is 4.74 Å². The normalized spacial score (nSPS) is 20.7. The van der Waals surface area contributed by atoms with Crippen molar-refractivity contribution in [2.75, 3.05) is 6.54 Å². The quantitative estimate of drug-likeness (QED) is 0.775. The van der Waals surface area contributed by atoms with Gasteiger partial charge in [0, 0.05) is 19.8 Å². The molecule has 0 radical (unpaired) electrons. The van der Waals surface area contributed by atoms with Crippen molar-refractivity contribution in [1.29, 1.82) is 0 Å². The zero-order valence-corrected chi connectivity index (χ0v) is 13.6. The summed E-state index contributed by atoms with van der Waals surface area (Å²) in [6.07, 6.45) is 3.96. The molecule has 1 atom stereocenters. The summed E-state index contributed by atoms with van der Waals surface area (Å²) in [5, 5.41) is -0.0412. The Morgan fingerprint density at radius 2 is 2.10 bits per heavy atom. The van der Waals surface area contributed by atoms with Crippen LogP contribution in [0.2, 0.25) is 0 Å². The number of imidazole rings is 1. The first kappa shape index (κ1) is 16.0. The van der Waals surface area contributed by atoms with Crippen LogP contribution in [0, 0.1) is 0 Å². The molecule has 0 N–H and O–H groups in total. The summed E-state index contributed by atoms with van der Waals surface area (Å²) < 4.78 is 33.2. The van der Waals surface area contributed by atoms with Crippen molar-refractivity contribution in [2.45, 2.75) is 50.3 Å². The number of rotatable bonds is 3. The fourth-order valence-corrected chi connectivity index (χ4v) is 3.89. The van der Waals surface area contributed by atoms with Gasteiger partial charge in [0.2, 0.25) is 0 Å². The van der Waals surface area contributed by atoms with E-state index in [1.165, 1.54) is 16.8 Å². The van der Waals surface area contributed by atoms with Crippen LogP contribution in [0.5, 0.6) is 0 Å². The lowest BCUT2D eigenvalue weighted by Crippen LogP contribution is -2.43. The molecular weight excluding hydrogens is 294 g/mol. The maximum Gasteiger partial charge on any atom is 0.324 e. The standard InChI is InChI=1S/C13H21N3O4S/c1-13(2,3)20-12(17)10-6-5-7-16(10)21(18,19)11-8-15(4)9-14-11/h8-10H,5-7H2,1-4H3/t10-/m0/s1. The summed E-state index contributed by atoms with van der Waals surface area (Å²) in [5.41, 5.74) is -0.639. The largest absolute Gasteiger partial charge is 0.459 e.